The van der Waals surface area contributed by atoms with Crippen molar-refractivity contribution in [2.75, 3.05) is 0 Å². The van der Waals surface area contributed by atoms with Gasteiger partial charge in [-0.05, 0) is 19.4 Å². The normalized spacial score (nSPS) is 9.90. The molecule has 1 aromatic heterocycles. The molecule has 3 heteroatoms. The predicted molar refractivity (Wildman–Crippen MR) is 41.5 cm³/mol. The van der Waals surface area contributed by atoms with Crippen molar-refractivity contribution in [1.82, 2.24) is 4.98 Å². The van der Waals surface area contributed by atoms with Gasteiger partial charge in [0.1, 0.15) is 0 Å². The molecule has 0 saturated heterocycles. The van der Waals surface area contributed by atoms with Crippen molar-refractivity contribution in [3.8, 4) is 0 Å². The summed E-state index contributed by atoms with van der Waals surface area (Å²) >= 11 is 5.72. The SMILES string of the molecule is Cc1c(Cl)c[nH]c(=O)c1C. The van der Waals surface area contributed by atoms with Gasteiger partial charge in [-0.1, -0.05) is 11.6 Å². The second-order valence-electron chi connectivity index (χ2n) is 2.22. The first-order valence-corrected chi connectivity index (χ1v) is 3.35. The highest BCUT2D eigenvalue weighted by Crippen LogP contribution is 2.12. The Balaban J connectivity index is 3.49. The molecule has 0 radical (unpaired) electrons. The van der Waals surface area contributed by atoms with Crippen LogP contribution >= 0.6 is 11.6 Å². The van der Waals surface area contributed by atoms with E-state index in [1.807, 2.05) is 6.92 Å². The van der Waals surface area contributed by atoms with Crippen LogP contribution < -0.4 is 5.56 Å². The van der Waals surface area contributed by atoms with Crippen LogP contribution in [0.5, 0.6) is 0 Å². The van der Waals surface area contributed by atoms with Crippen molar-refractivity contribution < 1.29 is 0 Å². The summed E-state index contributed by atoms with van der Waals surface area (Å²) in [6, 6.07) is 0. The van der Waals surface area contributed by atoms with E-state index in [0.717, 1.165) is 5.56 Å². The zero-order chi connectivity index (χ0) is 7.72. The Bertz CT molecular complexity index is 303. The molecule has 1 rings (SSSR count). The van der Waals surface area contributed by atoms with Gasteiger partial charge in [-0.15, -0.1) is 0 Å². The monoisotopic (exact) mass is 157 g/mol. The number of aromatic nitrogens is 1. The predicted octanol–water partition coefficient (Wildman–Crippen LogP) is 1.65. The van der Waals surface area contributed by atoms with E-state index in [2.05, 4.69) is 4.98 Å². The van der Waals surface area contributed by atoms with Gasteiger partial charge >= 0.3 is 0 Å². The minimum Gasteiger partial charge on any atom is -0.327 e. The summed E-state index contributed by atoms with van der Waals surface area (Å²) in [5, 5.41) is 0.608. The quantitative estimate of drug-likeness (QED) is 0.610. The fourth-order valence-electron chi connectivity index (χ4n) is 0.695. The maximum atomic E-state index is 10.9. The van der Waals surface area contributed by atoms with E-state index < -0.39 is 0 Å². The third-order valence-corrected chi connectivity index (χ3v) is 1.98. The standard InChI is InChI=1S/C7H8ClNO/c1-4-5(2)7(10)9-3-6(4)8/h3H,1-2H3,(H,9,10). The van der Waals surface area contributed by atoms with Gasteiger partial charge in [0, 0.05) is 11.8 Å². The van der Waals surface area contributed by atoms with Crippen LogP contribution in [-0.2, 0) is 0 Å². The molecular formula is C7H8ClNO. The number of aromatic amines is 1. The molecule has 0 aliphatic heterocycles. The van der Waals surface area contributed by atoms with Crippen molar-refractivity contribution in [1.29, 1.82) is 0 Å². The van der Waals surface area contributed by atoms with Gasteiger partial charge in [-0.2, -0.15) is 0 Å². The molecule has 1 N–H and O–H groups in total. The molecule has 0 unspecified atom stereocenters. The van der Waals surface area contributed by atoms with Crippen molar-refractivity contribution in [2.45, 2.75) is 13.8 Å². The number of H-pyrrole nitrogens is 1. The molecule has 0 saturated carbocycles. The molecule has 1 heterocycles. The first-order chi connectivity index (χ1) is 4.63. The molecule has 10 heavy (non-hydrogen) atoms. The Kier molecular flexibility index (Phi) is 1.81. The molecule has 0 bridgehead atoms. The van der Waals surface area contributed by atoms with Crippen LogP contribution in [0.15, 0.2) is 11.0 Å². The van der Waals surface area contributed by atoms with E-state index in [4.69, 9.17) is 11.6 Å². The molecule has 1 aromatic rings. The number of hydrogen-bond acceptors (Lipinski definition) is 1. The van der Waals surface area contributed by atoms with Gasteiger partial charge < -0.3 is 4.98 Å². The minimum absolute atomic E-state index is 0.0677. The molecule has 0 spiro atoms. The van der Waals surface area contributed by atoms with Crippen LogP contribution in [0.25, 0.3) is 0 Å². The molecule has 0 atom stereocenters. The number of pyridine rings is 1. The van der Waals surface area contributed by atoms with E-state index in [9.17, 15) is 4.79 Å². The topological polar surface area (TPSA) is 32.9 Å². The van der Waals surface area contributed by atoms with Crippen molar-refractivity contribution >= 4 is 11.6 Å². The Labute approximate surface area is 63.8 Å². The first-order valence-electron chi connectivity index (χ1n) is 2.97. The smallest absolute Gasteiger partial charge is 0.251 e. The average Bonchev–Trinajstić information content (AvgIpc) is 1.93. The zero-order valence-corrected chi connectivity index (χ0v) is 6.62. The number of halogens is 1. The lowest BCUT2D eigenvalue weighted by atomic mass is 10.2. The molecule has 54 valence electrons. The highest BCUT2D eigenvalue weighted by molar-refractivity contribution is 6.31. The molecule has 0 aliphatic carbocycles. The molecule has 0 aliphatic rings. The lowest BCUT2D eigenvalue weighted by molar-refractivity contribution is 1.14. The minimum atomic E-state index is -0.0677. The number of hydrogen-bond donors (Lipinski definition) is 1. The summed E-state index contributed by atoms with van der Waals surface area (Å²) in [6.07, 6.45) is 1.51. The zero-order valence-electron chi connectivity index (χ0n) is 5.86. The van der Waals surface area contributed by atoms with E-state index >= 15 is 0 Å². The molecule has 0 fully saturated rings. The average molecular weight is 158 g/mol. The highest BCUT2D eigenvalue weighted by atomic mass is 35.5. The summed E-state index contributed by atoms with van der Waals surface area (Å²) < 4.78 is 0. The van der Waals surface area contributed by atoms with Crippen molar-refractivity contribution in [3.05, 3.63) is 32.7 Å². The van der Waals surface area contributed by atoms with Crippen LogP contribution in [-0.4, -0.2) is 4.98 Å². The van der Waals surface area contributed by atoms with Crippen LogP contribution in [0.4, 0.5) is 0 Å². The summed E-state index contributed by atoms with van der Waals surface area (Å²) in [6.45, 7) is 3.58. The first kappa shape index (κ1) is 7.35. The van der Waals surface area contributed by atoms with Gasteiger partial charge in [0.2, 0.25) is 0 Å². The number of rotatable bonds is 0. The molecule has 0 amide bonds. The van der Waals surface area contributed by atoms with E-state index in [0.29, 0.717) is 10.6 Å². The van der Waals surface area contributed by atoms with E-state index in [-0.39, 0.29) is 5.56 Å². The number of nitrogens with one attached hydrogen (secondary N) is 1. The van der Waals surface area contributed by atoms with Gasteiger partial charge in [-0.3, -0.25) is 4.79 Å². The lowest BCUT2D eigenvalue weighted by Crippen LogP contribution is -2.09. The molecular weight excluding hydrogens is 150 g/mol. The third kappa shape index (κ3) is 1.07. The van der Waals surface area contributed by atoms with E-state index in [1.54, 1.807) is 6.92 Å². The van der Waals surface area contributed by atoms with Crippen LogP contribution in [0.3, 0.4) is 0 Å². The van der Waals surface area contributed by atoms with Gasteiger partial charge in [0.05, 0.1) is 5.02 Å². The fourth-order valence-corrected chi connectivity index (χ4v) is 0.891. The fraction of sp³-hybridized carbons (Fsp3) is 0.286. The van der Waals surface area contributed by atoms with Crippen molar-refractivity contribution in [2.24, 2.45) is 0 Å². The van der Waals surface area contributed by atoms with Crippen LogP contribution in [0.2, 0.25) is 5.02 Å². The Morgan fingerprint density at radius 3 is 2.50 bits per heavy atom. The van der Waals surface area contributed by atoms with Gasteiger partial charge in [0.15, 0.2) is 0 Å². The Hall–Kier alpha value is -0.760. The van der Waals surface area contributed by atoms with Gasteiger partial charge in [-0.25, -0.2) is 0 Å². The lowest BCUT2D eigenvalue weighted by Gasteiger charge is -1.98. The summed E-state index contributed by atoms with van der Waals surface area (Å²) in [5.74, 6) is 0. The Morgan fingerprint density at radius 1 is 1.40 bits per heavy atom. The summed E-state index contributed by atoms with van der Waals surface area (Å²) in [5.41, 5.74) is 1.47. The van der Waals surface area contributed by atoms with Gasteiger partial charge in [0.25, 0.3) is 5.56 Å². The molecule has 0 aromatic carbocycles. The summed E-state index contributed by atoms with van der Waals surface area (Å²) in [4.78, 5) is 13.4. The third-order valence-electron chi connectivity index (χ3n) is 1.59. The van der Waals surface area contributed by atoms with Crippen molar-refractivity contribution in [3.63, 3.8) is 0 Å². The van der Waals surface area contributed by atoms with Crippen LogP contribution in [0, 0.1) is 13.8 Å². The second kappa shape index (κ2) is 2.46. The largest absolute Gasteiger partial charge is 0.327 e. The molecule has 2 nitrogen and oxygen atoms in total. The maximum Gasteiger partial charge on any atom is 0.251 e. The maximum absolute atomic E-state index is 10.9. The summed E-state index contributed by atoms with van der Waals surface area (Å²) in [7, 11) is 0. The second-order valence-corrected chi connectivity index (χ2v) is 2.62. The Morgan fingerprint density at radius 2 is 2.00 bits per heavy atom. The van der Waals surface area contributed by atoms with E-state index in [1.165, 1.54) is 6.20 Å². The van der Waals surface area contributed by atoms with Crippen LogP contribution in [0.1, 0.15) is 11.1 Å². The highest BCUT2D eigenvalue weighted by Gasteiger charge is 2.00.